The fraction of sp³-hybridized carbons (Fsp3) is 0.304. The molecular formula is C23H23N5O3S2. The molecule has 0 radical (unpaired) electrons. The minimum Gasteiger partial charge on any atom is -0.495 e. The van der Waals surface area contributed by atoms with E-state index in [4.69, 9.17) is 9.15 Å². The molecule has 4 aromatic rings. The standard InChI is InChI=1S/C23H23N5O3S2/c1-30-18-9-4-3-8-17(18)28-21(19-10-7-13-31-19)25-26-23(28)33-15-20-24-16(14-32-20)22(29)27-11-5-2-6-12-27/h3-4,7-10,13-14H,2,5-6,11-12,15H2,1H3. The van der Waals surface area contributed by atoms with Gasteiger partial charge in [-0.25, -0.2) is 4.98 Å². The molecule has 3 aromatic heterocycles. The van der Waals surface area contributed by atoms with Crippen molar-refractivity contribution in [1.29, 1.82) is 0 Å². The number of para-hydroxylation sites is 2. The van der Waals surface area contributed by atoms with Crippen LogP contribution in [-0.2, 0) is 5.75 Å². The number of rotatable bonds is 7. The average molecular weight is 482 g/mol. The molecule has 0 N–H and O–H groups in total. The highest BCUT2D eigenvalue weighted by molar-refractivity contribution is 7.98. The number of piperidine rings is 1. The molecule has 0 saturated carbocycles. The Bertz CT molecular complexity index is 1230. The summed E-state index contributed by atoms with van der Waals surface area (Å²) < 4.78 is 13.1. The summed E-state index contributed by atoms with van der Waals surface area (Å²) in [4.78, 5) is 19.2. The van der Waals surface area contributed by atoms with Crippen molar-refractivity contribution in [2.75, 3.05) is 20.2 Å². The quantitative estimate of drug-likeness (QED) is 0.347. The van der Waals surface area contributed by atoms with Crippen LogP contribution in [0.3, 0.4) is 0 Å². The van der Waals surface area contributed by atoms with Crippen LogP contribution >= 0.6 is 23.1 Å². The van der Waals surface area contributed by atoms with Crippen molar-refractivity contribution < 1.29 is 13.9 Å². The third-order valence-corrected chi connectivity index (χ3v) is 7.41. The molecule has 0 atom stereocenters. The zero-order chi connectivity index (χ0) is 22.6. The van der Waals surface area contributed by atoms with E-state index in [1.165, 1.54) is 29.5 Å². The summed E-state index contributed by atoms with van der Waals surface area (Å²) in [5.41, 5.74) is 1.35. The van der Waals surface area contributed by atoms with Gasteiger partial charge in [-0.1, -0.05) is 23.9 Å². The normalized spacial score (nSPS) is 13.9. The Morgan fingerprint density at radius 1 is 1.15 bits per heavy atom. The molecule has 0 bridgehead atoms. The van der Waals surface area contributed by atoms with Gasteiger partial charge in [-0.05, 0) is 43.5 Å². The number of hydrogen-bond acceptors (Lipinski definition) is 8. The van der Waals surface area contributed by atoms with Crippen molar-refractivity contribution >= 4 is 29.0 Å². The van der Waals surface area contributed by atoms with Crippen molar-refractivity contribution in [1.82, 2.24) is 24.6 Å². The molecule has 0 unspecified atom stereocenters. The Balaban J connectivity index is 1.39. The summed E-state index contributed by atoms with van der Waals surface area (Å²) in [6, 6.07) is 11.4. The molecule has 10 heteroatoms. The molecule has 1 amide bonds. The molecule has 0 aliphatic carbocycles. The van der Waals surface area contributed by atoms with Crippen LogP contribution in [0.25, 0.3) is 17.3 Å². The highest BCUT2D eigenvalue weighted by Gasteiger charge is 2.23. The molecule has 0 spiro atoms. The van der Waals surface area contributed by atoms with Crippen molar-refractivity contribution in [2.24, 2.45) is 0 Å². The third kappa shape index (κ3) is 4.53. The van der Waals surface area contributed by atoms with Crippen LogP contribution in [-0.4, -0.2) is 50.8 Å². The Morgan fingerprint density at radius 3 is 2.79 bits per heavy atom. The number of ether oxygens (including phenoxy) is 1. The van der Waals surface area contributed by atoms with Crippen LogP contribution in [0.2, 0.25) is 0 Å². The fourth-order valence-electron chi connectivity index (χ4n) is 3.82. The smallest absolute Gasteiger partial charge is 0.273 e. The van der Waals surface area contributed by atoms with Gasteiger partial charge in [0.2, 0.25) is 5.82 Å². The topological polar surface area (TPSA) is 86.3 Å². The molecule has 33 heavy (non-hydrogen) atoms. The number of thioether (sulfide) groups is 1. The second kappa shape index (κ2) is 9.80. The van der Waals surface area contributed by atoms with Gasteiger partial charge in [0, 0.05) is 18.5 Å². The summed E-state index contributed by atoms with van der Waals surface area (Å²) in [6.45, 7) is 1.63. The number of likely N-dealkylation sites (tertiary alicyclic amines) is 1. The van der Waals surface area contributed by atoms with Gasteiger partial charge >= 0.3 is 0 Å². The zero-order valence-corrected chi connectivity index (χ0v) is 19.8. The second-order valence-electron chi connectivity index (χ2n) is 7.56. The van der Waals surface area contributed by atoms with Crippen LogP contribution in [0.15, 0.2) is 57.6 Å². The first-order chi connectivity index (χ1) is 16.2. The highest BCUT2D eigenvalue weighted by atomic mass is 32.2. The van der Waals surface area contributed by atoms with E-state index < -0.39 is 0 Å². The number of carbonyl (C=O) groups excluding carboxylic acids is 1. The SMILES string of the molecule is COc1ccccc1-n1c(SCc2nc(C(=O)N3CCCCC3)cs2)nnc1-c1ccco1. The number of methoxy groups -OCH3 is 1. The molecule has 1 aromatic carbocycles. The molecule has 1 aliphatic heterocycles. The van der Waals surface area contributed by atoms with Gasteiger partial charge in [0.05, 0.1) is 24.8 Å². The van der Waals surface area contributed by atoms with Crippen LogP contribution in [0, 0.1) is 0 Å². The van der Waals surface area contributed by atoms with E-state index in [0.717, 1.165) is 36.6 Å². The predicted molar refractivity (Wildman–Crippen MR) is 127 cm³/mol. The minimum atomic E-state index is 0.0273. The van der Waals surface area contributed by atoms with Crippen LogP contribution in [0.5, 0.6) is 5.75 Å². The number of hydrogen-bond donors (Lipinski definition) is 0. The minimum absolute atomic E-state index is 0.0273. The summed E-state index contributed by atoms with van der Waals surface area (Å²) in [5.74, 6) is 2.51. The van der Waals surface area contributed by atoms with Gasteiger partial charge in [0.25, 0.3) is 5.91 Å². The van der Waals surface area contributed by atoms with Crippen molar-refractivity contribution in [3.05, 3.63) is 58.7 Å². The third-order valence-electron chi connectivity index (χ3n) is 5.44. The maximum Gasteiger partial charge on any atom is 0.273 e. The first kappa shape index (κ1) is 21.7. The number of thiazole rings is 1. The van der Waals surface area contributed by atoms with E-state index in [9.17, 15) is 4.79 Å². The number of aromatic nitrogens is 4. The number of amides is 1. The molecule has 1 fully saturated rings. The van der Waals surface area contributed by atoms with Gasteiger partial charge in [-0.15, -0.1) is 21.5 Å². The largest absolute Gasteiger partial charge is 0.495 e. The van der Waals surface area contributed by atoms with E-state index in [-0.39, 0.29) is 5.91 Å². The van der Waals surface area contributed by atoms with Crippen LogP contribution in [0.4, 0.5) is 0 Å². The summed E-state index contributed by atoms with van der Waals surface area (Å²) in [5, 5.41) is 12.2. The van der Waals surface area contributed by atoms with Crippen molar-refractivity contribution in [3.8, 4) is 23.0 Å². The monoisotopic (exact) mass is 481 g/mol. The lowest BCUT2D eigenvalue weighted by Gasteiger charge is -2.25. The van der Waals surface area contributed by atoms with Crippen LogP contribution in [0.1, 0.15) is 34.8 Å². The number of nitrogens with zero attached hydrogens (tertiary/aromatic N) is 5. The van der Waals surface area contributed by atoms with Gasteiger partial charge in [0.1, 0.15) is 16.5 Å². The second-order valence-corrected chi connectivity index (χ2v) is 9.44. The number of carbonyl (C=O) groups is 1. The lowest BCUT2D eigenvalue weighted by Crippen LogP contribution is -2.35. The van der Waals surface area contributed by atoms with Gasteiger partial charge in [0.15, 0.2) is 10.9 Å². The van der Waals surface area contributed by atoms with E-state index in [0.29, 0.717) is 33.9 Å². The molecule has 170 valence electrons. The zero-order valence-electron chi connectivity index (χ0n) is 18.1. The van der Waals surface area contributed by atoms with Gasteiger partial charge in [-0.2, -0.15) is 0 Å². The number of benzene rings is 1. The molecule has 4 heterocycles. The van der Waals surface area contributed by atoms with E-state index in [1.807, 2.05) is 51.2 Å². The van der Waals surface area contributed by atoms with Gasteiger partial charge in [-0.3, -0.25) is 9.36 Å². The average Bonchev–Trinajstić information content (AvgIpc) is 3.63. The Hall–Kier alpha value is -3.11. The Morgan fingerprint density at radius 2 is 2.00 bits per heavy atom. The highest BCUT2D eigenvalue weighted by Crippen LogP contribution is 2.34. The summed E-state index contributed by atoms with van der Waals surface area (Å²) in [6.07, 6.45) is 4.93. The maximum atomic E-state index is 12.7. The van der Waals surface area contributed by atoms with E-state index in [1.54, 1.807) is 13.4 Å². The summed E-state index contributed by atoms with van der Waals surface area (Å²) >= 11 is 3.00. The first-order valence-electron chi connectivity index (χ1n) is 10.7. The Kier molecular flexibility index (Phi) is 6.45. The molecular weight excluding hydrogens is 458 g/mol. The van der Waals surface area contributed by atoms with Crippen LogP contribution < -0.4 is 4.74 Å². The lowest BCUT2D eigenvalue weighted by molar-refractivity contribution is 0.0719. The van der Waals surface area contributed by atoms with Crippen molar-refractivity contribution in [2.45, 2.75) is 30.2 Å². The van der Waals surface area contributed by atoms with E-state index >= 15 is 0 Å². The first-order valence-corrected chi connectivity index (χ1v) is 12.6. The lowest BCUT2D eigenvalue weighted by atomic mass is 10.1. The van der Waals surface area contributed by atoms with Gasteiger partial charge < -0.3 is 14.1 Å². The fourth-order valence-corrected chi connectivity index (χ4v) is 5.55. The molecule has 8 nitrogen and oxygen atoms in total. The Labute approximate surface area is 199 Å². The number of furan rings is 1. The maximum absolute atomic E-state index is 12.7. The molecule has 5 rings (SSSR count). The predicted octanol–water partition coefficient (Wildman–Crippen LogP) is 4.91. The van der Waals surface area contributed by atoms with Crippen molar-refractivity contribution in [3.63, 3.8) is 0 Å². The van der Waals surface area contributed by atoms with E-state index in [2.05, 4.69) is 15.2 Å². The summed E-state index contributed by atoms with van der Waals surface area (Å²) in [7, 11) is 1.64. The molecule has 1 aliphatic rings. The molecule has 1 saturated heterocycles.